The van der Waals surface area contributed by atoms with Crippen molar-refractivity contribution in [2.45, 2.75) is 46.5 Å². The SMILES string of the molecule is CCOC(=O)c1c(NC(=O)c2cc(-c3ccc(C)cc3)nc3ccc(Br)cc23)sc2c1CC[C@@H](CC)C2. The van der Waals surface area contributed by atoms with Gasteiger partial charge in [-0.2, -0.15) is 0 Å². The monoisotopic (exact) mass is 576 g/mol. The minimum Gasteiger partial charge on any atom is -0.462 e. The number of carbonyl (C=O) groups is 2. The maximum atomic E-state index is 13.8. The summed E-state index contributed by atoms with van der Waals surface area (Å²) in [6.07, 6.45) is 3.91. The van der Waals surface area contributed by atoms with Crippen LogP contribution in [0.15, 0.2) is 53.0 Å². The molecule has 0 saturated heterocycles. The lowest BCUT2D eigenvalue weighted by Crippen LogP contribution is -2.17. The zero-order valence-corrected chi connectivity index (χ0v) is 23.6. The van der Waals surface area contributed by atoms with Crippen LogP contribution in [-0.4, -0.2) is 23.5 Å². The van der Waals surface area contributed by atoms with E-state index in [0.29, 0.717) is 22.0 Å². The number of pyridine rings is 1. The summed E-state index contributed by atoms with van der Waals surface area (Å²) < 4.78 is 6.27. The number of rotatable bonds is 6. The molecule has 0 spiro atoms. The Morgan fingerprint density at radius 2 is 1.92 bits per heavy atom. The second kappa shape index (κ2) is 10.8. The van der Waals surface area contributed by atoms with Crippen molar-refractivity contribution >= 4 is 55.0 Å². The van der Waals surface area contributed by atoms with Crippen LogP contribution in [0.5, 0.6) is 0 Å². The molecule has 0 bridgehead atoms. The summed E-state index contributed by atoms with van der Waals surface area (Å²) in [7, 11) is 0. The van der Waals surface area contributed by atoms with Crippen LogP contribution < -0.4 is 5.32 Å². The molecule has 4 aromatic rings. The van der Waals surface area contributed by atoms with Crippen molar-refractivity contribution in [2.75, 3.05) is 11.9 Å². The molecule has 0 saturated carbocycles. The van der Waals surface area contributed by atoms with E-state index in [-0.39, 0.29) is 18.5 Å². The highest BCUT2D eigenvalue weighted by molar-refractivity contribution is 9.10. The number of ether oxygens (including phenoxy) is 1. The number of hydrogen-bond acceptors (Lipinski definition) is 5. The van der Waals surface area contributed by atoms with Crippen LogP contribution in [0.3, 0.4) is 0 Å². The molecule has 1 aliphatic rings. The van der Waals surface area contributed by atoms with E-state index in [4.69, 9.17) is 9.72 Å². The average Bonchev–Trinajstić information content (AvgIpc) is 3.25. The molecule has 1 aliphatic carbocycles. The fourth-order valence-corrected chi connectivity index (χ4v) is 6.64. The third kappa shape index (κ3) is 5.20. The Balaban J connectivity index is 1.58. The number of aryl methyl sites for hydroxylation is 1. The van der Waals surface area contributed by atoms with Crippen molar-refractivity contribution in [1.29, 1.82) is 0 Å². The van der Waals surface area contributed by atoms with E-state index in [0.717, 1.165) is 63.4 Å². The van der Waals surface area contributed by atoms with Crippen LogP contribution in [0, 0.1) is 12.8 Å². The van der Waals surface area contributed by atoms with E-state index in [1.54, 1.807) is 6.92 Å². The first-order chi connectivity index (χ1) is 17.9. The van der Waals surface area contributed by atoms with E-state index < -0.39 is 0 Å². The molecule has 5 rings (SSSR count). The van der Waals surface area contributed by atoms with E-state index in [1.807, 2.05) is 55.5 Å². The predicted molar refractivity (Wildman–Crippen MR) is 154 cm³/mol. The first kappa shape index (κ1) is 25.6. The number of nitrogens with zero attached hydrogens (tertiary/aromatic N) is 1. The zero-order valence-electron chi connectivity index (χ0n) is 21.2. The van der Waals surface area contributed by atoms with Crippen LogP contribution in [0.4, 0.5) is 5.00 Å². The highest BCUT2D eigenvalue weighted by Gasteiger charge is 2.30. The summed E-state index contributed by atoms with van der Waals surface area (Å²) in [6.45, 7) is 6.34. The zero-order chi connectivity index (χ0) is 26.1. The van der Waals surface area contributed by atoms with Crippen molar-refractivity contribution in [3.63, 3.8) is 0 Å². The lowest BCUT2D eigenvalue weighted by Gasteiger charge is -2.20. The number of anilines is 1. The molecular formula is C30H29BrN2O3S. The molecule has 190 valence electrons. The number of halogens is 1. The van der Waals surface area contributed by atoms with Gasteiger partial charge < -0.3 is 10.1 Å². The van der Waals surface area contributed by atoms with Crippen molar-refractivity contribution in [3.8, 4) is 11.3 Å². The third-order valence-corrected chi connectivity index (χ3v) is 8.68. The van der Waals surface area contributed by atoms with Gasteiger partial charge in [-0.3, -0.25) is 4.79 Å². The standard InChI is InChI=1S/C30H29BrN2O3S/c1-4-18-8-12-21-26(14-18)37-29(27(21)30(35)36-5-2)33-28(34)23-16-25(19-9-6-17(3)7-10-19)32-24-13-11-20(31)15-22(23)24/h6-7,9-11,13,15-16,18H,4-5,8,12,14H2,1-3H3,(H,33,34)/t18-/m1/s1. The van der Waals surface area contributed by atoms with E-state index >= 15 is 0 Å². The minimum atomic E-state index is -0.368. The number of hydrogen-bond donors (Lipinski definition) is 1. The van der Waals surface area contributed by atoms with Gasteiger partial charge in [-0.25, -0.2) is 9.78 Å². The summed E-state index contributed by atoms with van der Waals surface area (Å²) in [6, 6.07) is 15.7. The molecule has 2 heterocycles. The summed E-state index contributed by atoms with van der Waals surface area (Å²) >= 11 is 5.05. The number of thiophene rings is 1. The number of amides is 1. The summed E-state index contributed by atoms with van der Waals surface area (Å²) in [4.78, 5) is 32.9. The normalized spacial score (nSPS) is 14.9. The van der Waals surface area contributed by atoms with Gasteiger partial charge in [0.1, 0.15) is 5.00 Å². The molecule has 1 amide bonds. The van der Waals surface area contributed by atoms with E-state index in [9.17, 15) is 9.59 Å². The van der Waals surface area contributed by atoms with Gasteiger partial charge in [0, 0.05) is 20.3 Å². The van der Waals surface area contributed by atoms with Crippen LogP contribution >= 0.6 is 27.3 Å². The molecule has 1 N–H and O–H groups in total. The van der Waals surface area contributed by atoms with Gasteiger partial charge in [-0.15, -0.1) is 11.3 Å². The Hall–Kier alpha value is -3.03. The summed E-state index contributed by atoms with van der Waals surface area (Å²) in [5.41, 5.74) is 5.61. The first-order valence-electron chi connectivity index (χ1n) is 12.7. The number of aromatic nitrogens is 1. The number of fused-ring (bicyclic) bond motifs is 2. The van der Waals surface area contributed by atoms with Gasteiger partial charge in [0.2, 0.25) is 0 Å². The van der Waals surface area contributed by atoms with E-state index in [2.05, 4.69) is 28.2 Å². The second-order valence-corrected chi connectivity index (χ2v) is 11.5. The van der Waals surface area contributed by atoms with Crippen LogP contribution in [0.1, 0.15) is 63.4 Å². The summed E-state index contributed by atoms with van der Waals surface area (Å²) in [5.74, 6) is -0.0359. The lowest BCUT2D eigenvalue weighted by molar-refractivity contribution is 0.0526. The Morgan fingerprint density at radius 3 is 2.65 bits per heavy atom. The molecule has 2 aromatic carbocycles. The molecular weight excluding hydrogens is 548 g/mol. The van der Waals surface area contributed by atoms with Crippen molar-refractivity contribution in [1.82, 2.24) is 4.98 Å². The highest BCUT2D eigenvalue weighted by atomic mass is 79.9. The van der Waals surface area contributed by atoms with Crippen LogP contribution in [0.2, 0.25) is 0 Å². The predicted octanol–water partition coefficient (Wildman–Crippen LogP) is 7.98. The van der Waals surface area contributed by atoms with Gasteiger partial charge in [0.25, 0.3) is 5.91 Å². The largest absolute Gasteiger partial charge is 0.462 e. The highest BCUT2D eigenvalue weighted by Crippen LogP contribution is 2.41. The molecule has 7 heteroatoms. The average molecular weight is 578 g/mol. The Labute approximate surface area is 229 Å². The molecule has 37 heavy (non-hydrogen) atoms. The Bertz CT molecular complexity index is 1490. The number of nitrogens with one attached hydrogen (secondary N) is 1. The maximum Gasteiger partial charge on any atom is 0.341 e. The van der Waals surface area contributed by atoms with Crippen molar-refractivity contribution in [3.05, 3.63) is 80.1 Å². The fourth-order valence-electron chi connectivity index (χ4n) is 4.94. The molecule has 5 nitrogen and oxygen atoms in total. The smallest absolute Gasteiger partial charge is 0.341 e. The van der Waals surface area contributed by atoms with Gasteiger partial charge in [0.05, 0.1) is 28.9 Å². The van der Waals surface area contributed by atoms with Crippen LogP contribution in [0.25, 0.3) is 22.2 Å². The fraction of sp³-hybridized carbons (Fsp3) is 0.300. The Morgan fingerprint density at radius 1 is 1.14 bits per heavy atom. The van der Waals surface area contributed by atoms with E-state index in [1.165, 1.54) is 16.2 Å². The number of benzene rings is 2. The summed E-state index contributed by atoms with van der Waals surface area (Å²) in [5, 5.41) is 4.41. The van der Waals surface area contributed by atoms with Crippen LogP contribution in [-0.2, 0) is 17.6 Å². The molecule has 1 atom stereocenters. The van der Waals surface area contributed by atoms with Gasteiger partial charge in [-0.05, 0) is 68.9 Å². The first-order valence-corrected chi connectivity index (χ1v) is 14.3. The van der Waals surface area contributed by atoms with Gasteiger partial charge in [0.15, 0.2) is 0 Å². The molecule has 0 aliphatic heterocycles. The topological polar surface area (TPSA) is 68.3 Å². The molecule has 0 fully saturated rings. The minimum absolute atomic E-state index is 0.268. The molecule has 2 aromatic heterocycles. The van der Waals surface area contributed by atoms with Gasteiger partial charge >= 0.3 is 5.97 Å². The maximum absolute atomic E-state index is 13.8. The number of carbonyl (C=O) groups excluding carboxylic acids is 2. The lowest BCUT2D eigenvalue weighted by atomic mass is 9.85. The third-order valence-electron chi connectivity index (χ3n) is 7.01. The number of esters is 1. The quantitative estimate of drug-likeness (QED) is 0.236. The molecule has 0 unspecified atom stereocenters. The molecule has 0 radical (unpaired) electrons. The van der Waals surface area contributed by atoms with Gasteiger partial charge in [-0.1, -0.05) is 59.1 Å². The van der Waals surface area contributed by atoms with Crippen molar-refractivity contribution in [2.24, 2.45) is 5.92 Å². The van der Waals surface area contributed by atoms with Crippen molar-refractivity contribution < 1.29 is 14.3 Å². The Kier molecular flexibility index (Phi) is 7.45. The second-order valence-electron chi connectivity index (χ2n) is 9.48.